The van der Waals surface area contributed by atoms with Crippen LogP contribution in [0.15, 0.2) is 18.2 Å². The molecule has 0 atom stereocenters. The summed E-state index contributed by atoms with van der Waals surface area (Å²) < 4.78 is 4.69. The number of aromatic hydroxyl groups is 2. The number of benzene rings is 1. The molecule has 2 N–H and O–H groups in total. The lowest BCUT2D eigenvalue weighted by molar-refractivity contribution is -0.141. The van der Waals surface area contributed by atoms with Crippen LogP contribution in [0.1, 0.15) is 18.9 Å². The molecule has 1 rings (SSSR count). The SMILES string of the molecule is CCOC(=O)CC#Cc1ccc(O)c(O)c1. The van der Waals surface area contributed by atoms with Crippen molar-refractivity contribution in [3.63, 3.8) is 0 Å². The first-order valence-corrected chi connectivity index (χ1v) is 4.80. The summed E-state index contributed by atoms with van der Waals surface area (Å²) in [6.07, 6.45) is 0.00940. The molecule has 16 heavy (non-hydrogen) atoms. The summed E-state index contributed by atoms with van der Waals surface area (Å²) in [5.74, 6) is 4.49. The molecule has 0 amide bonds. The third-order valence-electron chi connectivity index (χ3n) is 1.75. The standard InChI is InChI=1S/C12H12O4/c1-2-16-12(15)5-3-4-9-6-7-10(13)11(14)8-9/h6-8,13-14H,2,5H2,1H3. The fraction of sp³-hybridized carbons (Fsp3) is 0.250. The third kappa shape index (κ3) is 3.54. The first kappa shape index (κ1) is 11.9. The molecule has 0 aliphatic rings. The lowest BCUT2D eigenvalue weighted by Crippen LogP contribution is -2.01. The van der Waals surface area contributed by atoms with E-state index in [4.69, 9.17) is 9.84 Å². The minimum Gasteiger partial charge on any atom is -0.504 e. The molecule has 0 aliphatic heterocycles. The number of esters is 1. The molecule has 1 aromatic carbocycles. The zero-order valence-corrected chi connectivity index (χ0v) is 8.86. The first-order valence-electron chi connectivity index (χ1n) is 4.80. The van der Waals surface area contributed by atoms with E-state index in [0.717, 1.165) is 0 Å². The van der Waals surface area contributed by atoms with Crippen LogP contribution in [0.3, 0.4) is 0 Å². The second-order valence-corrected chi connectivity index (χ2v) is 2.99. The molecule has 0 heterocycles. The molecular formula is C12H12O4. The van der Waals surface area contributed by atoms with Crippen molar-refractivity contribution >= 4 is 5.97 Å². The van der Waals surface area contributed by atoms with E-state index in [2.05, 4.69) is 11.8 Å². The van der Waals surface area contributed by atoms with Gasteiger partial charge in [0.25, 0.3) is 0 Å². The van der Waals surface area contributed by atoms with Crippen LogP contribution in [-0.4, -0.2) is 22.8 Å². The zero-order chi connectivity index (χ0) is 12.0. The van der Waals surface area contributed by atoms with Crippen molar-refractivity contribution in [3.8, 4) is 23.3 Å². The Hall–Kier alpha value is -2.15. The Labute approximate surface area is 93.5 Å². The van der Waals surface area contributed by atoms with Crippen molar-refractivity contribution in [2.24, 2.45) is 0 Å². The Bertz CT molecular complexity index is 440. The van der Waals surface area contributed by atoms with Crippen LogP contribution in [0.4, 0.5) is 0 Å². The summed E-state index contributed by atoms with van der Waals surface area (Å²) in [6, 6.07) is 4.21. The van der Waals surface area contributed by atoms with Crippen LogP contribution in [0.2, 0.25) is 0 Å². The van der Waals surface area contributed by atoms with Crippen LogP contribution in [-0.2, 0) is 9.53 Å². The van der Waals surface area contributed by atoms with Gasteiger partial charge in [0.15, 0.2) is 11.5 Å². The van der Waals surface area contributed by atoms with Gasteiger partial charge in [0.05, 0.1) is 6.61 Å². The molecule has 84 valence electrons. The molecule has 4 heteroatoms. The molecule has 0 radical (unpaired) electrons. The fourth-order valence-corrected chi connectivity index (χ4v) is 1.03. The summed E-state index contributed by atoms with van der Waals surface area (Å²) in [4.78, 5) is 10.9. The average molecular weight is 220 g/mol. The molecule has 0 aromatic heterocycles. The molecule has 0 bridgehead atoms. The maximum atomic E-state index is 10.9. The van der Waals surface area contributed by atoms with Crippen LogP contribution in [0.5, 0.6) is 11.5 Å². The Morgan fingerprint density at radius 2 is 2.12 bits per heavy atom. The predicted octanol–water partition coefficient (Wildman–Crippen LogP) is 1.40. The summed E-state index contributed by atoms with van der Waals surface area (Å²) >= 11 is 0. The van der Waals surface area contributed by atoms with Gasteiger partial charge in [0.2, 0.25) is 0 Å². The number of carbonyl (C=O) groups is 1. The molecule has 1 aromatic rings. The highest BCUT2D eigenvalue weighted by Gasteiger charge is 1.99. The molecule has 0 spiro atoms. The largest absolute Gasteiger partial charge is 0.504 e. The normalized spacial score (nSPS) is 9.06. The highest BCUT2D eigenvalue weighted by molar-refractivity contribution is 5.72. The molecule has 0 fully saturated rings. The van der Waals surface area contributed by atoms with E-state index in [0.29, 0.717) is 12.2 Å². The Balaban J connectivity index is 2.63. The molecule has 0 unspecified atom stereocenters. The monoisotopic (exact) mass is 220 g/mol. The van der Waals surface area contributed by atoms with Crippen LogP contribution >= 0.6 is 0 Å². The van der Waals surface area contributed by atoms with Gasteiger partial charge < -0.3 is 14.9 Å². The van der Waals surface area contributed by atoms with E-state index in [1.807, 2.05) is 0 Å². The minimum absolute atomic E-state index is 0.00940. The van der Waals surface area contributed by atoms with Crippen molar-refractivity contribution in [2.75, 3.05) is 6.61 Å². The van der Waals surface area contributed by atoms with Crippen LogP contribution in [0, 0.1) is 11.8 Å². The van der Waals surface area contributed by atoms with Gasteiger partial charge in [-0.05, 0) is 25.1 Å². The van der Waals surface area contributed by atoms with Crippen molar-refractivity contribution < 1.29 is 19.7 Å². The average Bonchev–Trinajstić information content (AvgIpc) is 2.24. The number of hydrogen-bond acceptors (Lipinski definition) is 4. The van der Waals surface area contributed by atoms with E-state index < -0.39 is 0 Å². The highest BCUT2D eigenvalue weighted by Crippen LogP contribution is 2.24. The first-order chi connectivity index (χ1) is 7.63. The van der Waals surface area contributed by atoms with Crippen LogP contribution in [0.25, 0.3) is 0 Å². The predicted molar refractivity (Wildman–Crippen MR) is 57.9 cm³/mol. The Morgan fingerprint density at radius 1 is 1.38 bits per heavy atom. The molecular weight excluding hydrogens is 208 g/mol. The lowest BCUT2D eigenvalue weighted by atomic mass is 10.2. The maximum absolute atomic E-state index is 10.9. The third-order valence-corrected chi connectivity index (χ3v) is 1.75. The van der Waals surface area contributed by atoms with Crippen molar-refractivity contribution in [3.05, 3.63) is 23.8 Å². The van der Waals surface area contributed by atoms with Gasteiger partial charge >= 0.3 is 5.97 Å². The van der Waals surface area contributed by atoms with E-state index >= 15 is 0 Å². The fourth-order valence-electron chi connectivity index (χ4n) is 1.03. The number of phenolic OH excluding ortho intramolecular Hbond substituents is 2. The number of phenols is 2. The van der Waals surface area contributed by atoms with Gasteiger partial charge in [-0.1, -0.05) is 11.8 Å². The van der Waals surface area contributed by atoms with Crippen molar-refractivity contribution in [1.29, 1.82) is 0 Å². The zero-order valence-electron chi connectivity index (χ0n) is 8.86. The van der Waals surface area contributed by atoms with Crippen LogP contribution < -0.4 is 0 Å². The second kappa shape index (κ2) is 5.66. The Kier molecular flexibility index (Phi) is 4.22. The summed E-state index contributed by atoms with van der Waals surface area (Å²) in [6.45, 7) is 2.06. The number of rotatable bonds is 2. The maximum Gasteiger partial charge on any atom is 0.317 e. The highest BCUT2D eigenvalue weighted by atomic mass is 16.5. The van der Waals surface area contributed by atoms with E-state index in [9.17, 15) is 9.90 Å². The number of hydrogen-bond donors (Lipinski definition) is 2. The summed E-state index contributed by atoms with van der Waals surface area (Å²) in [7, 11) is 0. The van der Waals surface area contributed by atoms with Gasteiger partial charge in [-0.25, -0.2) is 0 Å². The van der Waals surface area contributed by atoms with E-state index in [1.165, 1.54) is 12.1 Å². The van der Waals surface area contributed by atoms with E-state index in [1.54, 1.807) is 13.0 Å². The quantitative estimate of drug-likeness (QED) is 0.449. The summed E-state index contributed by atoms with van der Waals surface area (Å²) in [5.41, 5.74) is 0.527. The van der Waals surface area contributed by atoms with E-state index in [-0.39, 0.29) is 23.9 Å². The number of carbonyl (C=O) groups excluding carboxylic acids is 1. The molecule has 0 saturated heterocycles. The van der Waals surface area contributed by atoms with Gasteiger partial charge in [0.1, 0.15) is 6.42 Å². The Morgan fingerprint density at radius 3 is 2.75 bits per heavy atom. The van der Waals surface area contributed by atoms with Gasteiger partial charge in [-0.3, -0.25) is 4.79 Å². The van der Waals surface area contributed by atoms with Gasteiger partial charge in [-0.2, -0.15) is 0 Å². The number of ether oxygens (including phenoxy) is 1. The van der Waals surface area contributed by atoms with Gasteiger partial charge in [0, 0.05) is 5.56 Å². The minimum atomic E-state index is -0.377. The molecule has 4 nitrogen and oxygen atoms in total. The molecule has 0 saturated carbocycles. The second-order valence-electron chi connectivity index (χ2n) is 2.99. The van der Waals surface area contributed by atoms with Crippen molar-refractivity contribution in [1.82, 2.24) is 0 Å². The molecule has 0 aliphatic carbocycles. The summed E-state index contributed by atoms with van der Waals surface area (Å²) in [5, 5.41) is 18.2. The van der Waals surface area contributed by atoms with Crippen molar-refractivity contribution in [2.45, 2.75) is 13.3 Å². The topological polar surface area (TPSA) is 66.8 Å². The van der Waals surface area contributed by atoms with Gasteiger partial charge in [-0.15, -0.1) is 0 Å². The lowest BCUT2D eigenvalue weighted by Gasteiger charge is -1.97. The smallest absolute Gasteiger partial charge is 0.317 e.